The molecule has 0 heterocycles. The largest absolute Gasteiger partial charge is 0.497 e. The van der Waals surface area contributed by atoms with Gasteiger partial charge in [-0.15, -0.1) is 0 Å². The van der Waals surface area contributed by atoms with Gasteiger partial charge in [-0.2, -0.15) is 26.7 Å². The van der Waals surface area contributed by atoms with Crippen LogP contribution < -0.4 is 9.47 Å². The van der Waals surface area contributed by atoms with Crippen molar-refractivity contribution >= 4 is 19.5 Å². The van der Waals surface area contributed by atoms with Crippen molar-refractivity contribution < 1.29 is 27.4 Å². The molecular weight excluding hydrogens is 389 g/mol. The minimum atomic E-state index is -4.99. The number of methoxy groups -OCH3 is 1. The number of alkyl halides is 3. The monoisotopic (exact) mass is 408 g/mol. The first-order valence-corrected chi connectivity index (χ1v) is 7.93. The molecular formula is C21H19F3O3S. The molecule has 0 aliphatic carbocycles. The Kier molecular flexibility index (Phi) is 9.11. The average Bonchev–Trinajstić information content (AvgIpc) is 2.70. The zero-order valence-electron chi connectivity index (χ0n) is 14.9. The van der Waals surface area contributed by atoms with Crippen LogP contribution in [-0.4, -0.2) is 19.3 Å². The summed E-state index contributed by atoms with van der Waals surface area (Å²) in [5.41, 5.74) is 2.55. The molecule has 0 amide bonds. The van der Waals surface area contributed by atoms with E-state index < -0.39 is 12.1 Å². The molecule has 0 atom stereocenters. The Bertz CT molecular complexity index is 799. The van der Waals surface area contributed by atoms with E-state index in [0.29, 0.717) is 5.75 Å². The van der Waals surface area contributed by atoms with Gasteiger partial charge in [0.25, 0.3) is 0 Å². The number of hydrogen-bond donors (Lipinski definition) is 0. The van der Waals surface area contributed by atoms with Crippen molar-refractivity contribution in [1.82, 2.24) is 0 Å². The summed E-state index contributed by atoms with van der Waals surface area (Å²) in [6, 6.07) is 26.0. The summed E-state index contributed by atoms with van der Waals surface area (Å²) in [4.78, 5) is 10.4. The maximum Gasteiger partial charge on any atom is 0.491 e. The van der Waals surface area contributed by atoms with Crippen molar-refractivity contribution in [3.63, 3.8) is 0 Å². The lowest BCUT2D eigenvalue weighted by Gasteiger charge is -2.06. The van der Waals surface area contributed by atoms with Crippen LogP contribution >= 0.6 is 13.5 Å². The van der Waals surface area contributed by atoms with Crippen molar-refractivity contribution in [2.45, 2.75) is 6.18 Å². The Hall–Kier alpha value is -2.93. The predicted molar refractivity (Wildman–Crippen MR) is 107 cm³/mol. The second-order valence-corrected chi connectivity index (χ2v) is 5.29. The first-order chi connectivity index (χ1) is 12.9. The first kappa shape index (κ1) is 23.1. The zero-order valence-corrected chi connectivity index (χ0v) is 15.9. The zero-order chi connectivity index (χ0) is 19.7. The van der Waals surface area contributed by atoms with E-state index in [2.05, 4.69) is 53.3 Å². The van der Waals surface area contributed by atoms with E-state index in [1.54, 1.807) is 0 Å². The molecule has 148 valence electrons. The number of hydrogen-bond acceptors (Lipinski definition) is 3. The molecule has 0 aliphatic heterocycles. The van der Waals surface area contributed by atoms with E-state index in [0.717, 1.165) is 0 Å². The Morgan fingerprint density at radius 3 is 1.46 bits per heavy atom. The molecule has 0 N–H and O–H groups in total. The molecule has 3 aromatic carbocycles. The number of benzene rings is 3. The fraction of sp³-hybridized carbons (Fsp3) is 0.0952. The van der Waals surface area contributed by atoms with Crippen molar-refractivity contribution in [3.8, 4) is 22.6 Å². The molecule has 0 saturated carbocycles. The molecule has 3 nitrogen and oxygen atoms in total. The molecule has 0 unspecified atom stereocenters. The smallest absolute Gasteiger partial charge is 0.491 e. The van der Waals surface area contributed by atoms with Crippen LogP contribution in [0.4, 0.5) is 13.2 Å². The summed E-state index contributed by atoms with van der Waals surface area (Å²) in [5.74, 6) is -1.97. The summed E-state index contributed by atoms with van der Waals surface area (Å²) in [7, 11) is 1.41. The molecule has 0 fully saturated rings. The van der Waals surface area contributed by atoms with Gasteiger partial charge in [0.1, 0.15) is 11.5 Å². The van der Waals surface area contributed by atoms with Crippen LogP contribution in [0.3, 0.4) is 0 Å². The molecule has 0 spiro atoms. The summed E-state index contributed by atoms with van der Waals surface area (Å²) >= 11 is 0. The number of rotatable bonds is 3. The Labute approximate surface area is 168 Å². The quantitative estimate of drug-likeness (QED) is 0.416. The van der Waals surface area contributed by atoms with Crippen LogP contribution in [0.25, 0.3) is 11.1 Å². The third kappa shape index (κ3) is 7.36. The summed E-state index contributed by atoms with van der Waals surface area (Å²) in [6.07, 6.45) is -4.99. The van der Waals surface area contributed by atoms with Crippen molar-refractivity contribution in [1.29, 1.82) is 0 Å². The molecule has 28 heavy (non-hydrogen) atoms. The van der Waals surface area contributed by atoms with Gasteiger partial charge in [0, 0.05) is 0 Å². The number of ether oxygens (including phenoxy) is 2. The van der Waals surface area contributed by atoms with Gasteiger partial charge >= 0.3 is 12.1 Å². The molecule has 0 aromatic heterocycles. The number of esters is 1. The standard InChI is InChI=1S/C12H10.C9H7F3O3.H2S/c1-3-7-11(8-4-1)12-9-5-2-6-10-12;1-14-6-2-4-7(5-3-6)15-8(13)9(10,11)12;/h1-10H;2-5H,1H3;1H2. The summed E-state index contributed by atoms with van der Waals surface area (Å²) in [5, 5.41) is 0. The van der Waals surface area contributed by atoms with Crippen molar-refractivity contribution in [2.24, 2.45) is 0 Å². The molecule has 3 aromatic rings. The lowest BCUT2D eigenvalue weighted by molar-refractivity contribution is -0.189. The predicted octanol–water partition coefficient (Wildman–Crippen LogP) is 5.63. The molecule has 3 rings (SSSR count). The second-order valence-electron chi connectivity index (χ2n) is 5.29. The van der Waals surface area contributed by atoms with Gasteiger partial charge < -0.3 is 9.47 Å². The minimum absolute atomic E-state index is 0. The van der Waals surface area contributed by atoms with E-state index in [1.807, 2.05) is 12.1 Å². The highest BCUT2D eigenvalue weighted by molar-refractivity contribution is 7.59. The minimum Gasteiger partial charge on any atom is -0.497 e. The van der Waals surface area contributed by atoms with Crippen LogP contribution in [0.1, 0.15) is 0 Å². The van der Waals surface area contributed by atoms with Gasteiger partial charge in [-0.1, -0.05) is 60.7 Å². The molecule has 0 bridgehead atoms. The van der Waals surface area contributed by atoms with Crippen LogP contribution in [0.15, 0.2) is 84.9 Å². The van der Waals surface area contributed by atoms with Crippen molar-refractivity contribution in [3.05, 3.63) is 84.9 Å². The highest BCUT2D eigenvalue weighted by Crippen LogP contribution is 2.22. The van der Waals surface area contributed by atoms with E-state index in [-0.39, 0.29) is 19.2 Å². The van der Waals surface area contributed by atoms with E-state index >= 15 is 0 Å². The Balaban J connectivity index is 0.000000275. The maximum absolute atomic E-state index is 11.8. The molecule has 0 aliphatic rings. The van der Waals surface area contributed by atoms with E-state index in [1.165, 1.54) is 42.5 Å². The van der Waals surface area contributed by atoms with Gasteiger partial charge in [0.2, 0.25) is 0 Å². The molecule has 0 radical (unpaired) electrons. The van der Waals surface area contributed by atoms with Gasteiger partial charge in [-0.3, -0.25) is 0 Å². The van der Waals surface area contributed by atoms with Gasteiger partial charge in [-0.25, -0.2) is 4.79 Å². The Morgan fingerprint density at radius 1 is 0.714 bits per heavy atom. The Morgan fingerprint density at radius 2 is 1.11 bits per heavy atom. The van der Waals surface area contributed by atoms with Gasteiger partial charge in [0.15, 0.2) is 0 Å². The van der Waals surface area contributed by atoms with Gasteiger partial charge in [-0.05, 0) is 35.4 Å². The van der Waals surface area contributed by atoms with E-state index in [9.17, 15) is 18.0 Å². The fourth-order valence-corrected chi connectivity index (χ4v) is 2.07. The number of carbonyl (C=O) groups is 1. The van der Waals surface area contributed by atoms with Crippen LogP contribution in [0.5, 0.6) is 11.5 Å². The number of halogens is 3. The molecule has 7 heteroatoms. The third-order valence-corrected chi connectivity index (χ3v) is 3.38. The fourth-order valence-electron chi connectivity index (χ4n) is 2.07. The van der Waals surface area contributed by atoms with Gasteiger partial charge in [0.05, 0.1) is 7.11 Å². The average molecular weight is 408 g/mol. The summed E-state index contributed by atoms with van der Waals surface area (Å²) in [6.45, 7) is 0. The SMILES string of the molecule is COc1ccc(OC(=O)C(F)(F)F)cc1.S.c1ccc(-c2ccccc2)cc1. The highest BCUT2D eigenvalue weighted by atomic mass is 32.1. The molecule has 0 saturated heterocycles. The lowest BCUT2D eigenvalue weighted by atomic mass is 10.1. The number of carbonyl (C=O) groups excluding carboxylic acids is 1. The van der Waals surface area contributed by atoms with Crippen LogP contribution in [0, 0.1) is 0 Å². The second kappa shape index (κ2) is 11.0. The maximum atomic E-state index is 11.8. The highest BCUT2D eigenvalue weighted by Gasteiger charge is 2.41. The third-order valence-electron chi connectivity index (χ3n) is 3.38. The lowest BCUT2D eigenvalue weighted by Crippen LogP contribution is -2.27. The van der Waals surface area contributed by atoms with E-state index in [4.69, 9.17) is 4.74 Å². The van der Waals surface area contributed by atoms with Crippen molar-refractivity contribution in [2.75, 3.05) is 7.11 Å². The topological polar surface area (TPSA) is 35.5 Å². The van der Waals surface area contributed by atoms with Crippen LogP contribution in [0.2, 0.25) is 0 Å². The van der Waals surface area contributed by atoms with Crippen LogP contribution in [-0.2, 0) is 4.79 Å². The summed E-state index contributed by atoms with van der Waals surface area (Å²) < 4.78 is 44.2. The normalized spacial score (nSPS) is 10.0. The first-order valence-electron chi connectivity index (χ1n) is 7.93.